The van der Waals surface area contributed by atoms with Crippen LogP contribution in [0.15, 0.2) is 46.9 Å². The number of esters is 1. The molecule has 0 saturated carbocycles. The lowest BCUT2D eigenvalue weighted by atomic mass is 10.2. The average Bonchev–Trinajstić information content (AvgIpc) is 2.47. The molecule has 1 N–H and O–H groups in total. The third-order valence-electron chi connectivity index (χ3n) is 2.63. The molecule has 0 aliphatic carbocycles. The summed E-state index contributed by atoms with van der Waals surface area (Å²) in [5.41, 5.74) is -0.319. The van der Waals surface area contributed by atoms with Gasteiger partial charge in [0, 0.05) is 4.47 Å². The maximum Gasteiger partial charge on any atom is 0.341 e. The van der Waals surface area contributed by atoms with E-state index in [1.807, 2.05) is 0 Å². The number of carbonyl (C=O) groups excluding carboxylic acids is 2. The van der Waals surface area contributed by atoms with E-state index in [1.54, 1.807) is 6.07 Å². The molecule has 0 saturated heterocycles. The number of halogens is 3. The zero-order valence-electron chi connectivity index (χ0n) is 11.1. The summed E-state index contributed by atoms with van der Waals surface area (Å²) in [4.78, 5) is 23.3. The number of amides is 1. The van der Waals surface area contributed by atoms with Crippen LogP contribution in [0.2, 0.25) is 0 Å². The molecule has 2 aromatic rings. The molecule has 0 heterocycles. The van der Waals surface area contributed by atoms with E-state index in [4.69, 9.17) is 4.74 Å². The van der Waals surface area contributed by atoms with Gasteiger partial charge in [0.15, 0.2) is 6.61 Å². The molecule has 2 aromatic carbocycles. The Morgan fingerprint density at radius 2 is 1.82 bits per heavy atom. The molecule has 0 aromatic heterocycles. The summed E-state index contributed by atoms with van der Waals surface area (Å²) in [5.74, 6) is -3.08. The number of para-hydroxylation sites is 1. The Kier molecular flexibility index (Phi) is 5.21. The fourth-order valence-electron chi connectivity index (χ4n) is 1.61. The van der Waals surface area contributed by atoms with Crippen molar-refractivity contribution in [2.75, 3.05) is 11.9 Å². The maximum atomic E-state index is 13.5. The molecule has 0 aliphatic heterocycles. The van der Waals surface area contributed by atoms with Crippen LogP contribution in [0.4, 0.5) is 14.5 Å². The topological polar surface area (TPSA) is 55.4 Å². The Bertz CT molecular complexity index is 722. The van der Waals surface area contributed by atoms with Crippen molar-refractivity contribution in [2.45, 2.75) is 0 Å². The monoisotopic (exact) mass is 369 g/mol. The molecular weight excluding hydrogens is 360 g/mol. The Balaban J connectivity index is 1.93. The highest BCUT2D eigenvalue weighted by Gasteiger charge is 2.15. The molecule has 0 atom stereocenters. The minimum absolute atomic E-state index is 0.0293. The van der Waals surface area contributed by atoms with Crippen LogP contribution in [0.1, 0.15) is 10.4 Å². The fourth-order valence-corrected chi connectivity index (χ4v) is 1.95. The molecule has 0 spiro atoms. The zero-order valence-corrected chi connectivity index (χ0v) is 12.7. The predicted octanol–water partition coefficient (Wildman–Crippen LogP) is 3.52. The van der Waals surface area contributed by atoms with Crippen LogP contribution in [0.3, 0.4) is 0 Å². The Hall–Kier alpha value is -2.28. The van der Waals surface area contributed by atoms with Crippen molar-refractivity contribution in [2.24, 2.45) is 0 Å². The Labute approximate surface area is 133 Å². The van der Waals surface area contributed by atoms with Gasteiger partial charge in [-0.3, -0.25) is 4.79 Å². The minimum atomic E-state index is -0.978. The van der Waals surface area contributed by atoms with E-state index >= 15 is 0 Å². The summed E-state index contributed by atoms with van der Waals surface area (Å²) in [6.07, 6.45) is 0. The second-order valence-corrected chi connectivity index (χ2v) is 5.14. The molecule has 0 unspecified atom stereocenters. The maximum absolute atomic E-state index is 13.5. The Morgan fingerprint density at radius 1 is 1.09 bits per heavy atom. The van der Waals surface area contributed by atoms with E-state index in [1.165, 1.54) is 30.3 Å². The first-order valence-corrected chi connectivity index (χ1v) is 6.93. The summed E-state index contributed by atoms with van der Waals surface area (Å²) in [5, 5.41) is 2.25. The van der Waals surface area contributed by atoms with Crippen molar-refractivity contribution in [3.63, 3.8) is 0 Å². The zero-order chi connectivity index (χ0) is 16.1. The fraction of sp³-hybridized carbons (Fsp3) is 0.0667. The molecule has 0 radical (unpaired) electrons. The van der Waals surface area contributed by atoms with Crippen LogP contribution >= 0.6 is 15.9 Å². The van der Waals surface area contributed by atoms with Crippen molar-refractivity contribution < 1.29 is 23.1 Å². The number of rotatable bonds is 4. The SMILES string of the molecule is O=C(COC(=O)c1ccc(Br)cc1F)Nc1ccccc1F. The summed E-state index contributed by atoms with van der Waals surface area (Å²) in [6, 6.07) is 9.37. The second-order valence-electron chi connectivity index (χ2n) is 4.23. The van der Waals surface area contributed by atoms with Crippen molar-refractivity contribution >= 4 is 33.5 Å². The first-order chi connectivity index (χ1) is 10.5. The summed E-state index contributed by atoms with van der Waals surface area (Å²) in [6.45, 7) is -0.650. The number of hydrogen-bond donors (Lipinski definition) is 1. The first-order valence-electron chi connectivity index (χ1n) is 6.14. The molecule has 0 aliphatic rings. The molecule has 114 valence electrons. The van der Waals surface area contributed by atoms with Crippen LogP contribution in [0, 0.1) is 11.6 Å². The quantitative estimate of drug-likeness (QED) is 0.838. The van der Waals surface area contributed by atoms with Crippen LogP contribution in [-0.4, -0.2) is 18.5 Å². The van der Waals surface area contributed by atoms with E-state index in [0.717, 1.165) is 6.07 Å². The van der Waals surface area contributed by atoms with Gasteiger partial charge in [-0.15, -0.1) is 0 Å². The van der Waals surface area contributed by atoms with E-state index in [9.17, 15) is 18.4 Å². The molecule has 1 amide bonds. The molecule has 0 bridgehead atoms. The highest BCUT2D eigenvalue weighted by atomic mass is 79.9. The highest BCUT2D eigenvalue weighted by Crippen LogP contribution is 2.16. The Morgan fingerprint density at radius 3 is 2.50 bits per heavy atom. The van der Waals surface area contributed by atoms with Crippen LogP contribution in [-0.2, 0) is 9.53 Å². The number of carbonyl (C=O) groups is 2. The average molecular weight is 370 g/mol. The lowest BCUT2D eigenvalue weighted by Crippen LogP contribution is -2.21. The van der Waals surface area contributed by atoms with Gasteiger partial charge in [-0.05, 0) is 30.3 Å². The summed E-state index contributed by atoms with van der Waals surface area (Å²) in [7, 11) is 0. The highest BCUT2D eigenvalue weighted by molar-refractivity contribution is 9.10. The molecule has 4 nitrogen and oxygen atoms in total. The van der Waals surface area contributed by atoms with Crippen molar-refractivity contribution in [1.82, 2.24) is 0 Å². The smallest absolute Gasteiger partial charge is 0.341 e. The van der Waals surface area contributed by atoms with Crippen molar-refractivity contribution in [1.29, 1.82) is 0 Å². The summed E-state index contributed by atoms with van der Waals surface area (Å²) < 4.78 is 32.0. The number of hydrogen-bond acceptors (Lipinski definition) is 3. The number of benzene rings is 2. The molecule has 7 heteroatoms. The van der Waals surface area contributed by atoms with E-state index < -0.39 is 30.1 Å². The van der Waals surface area contributed by atoms with Gasteiger partial charge in [0.05, 0.1) is 11.3 Å². The number of ether oxygens (including phenoxy) is 1. The van der Waals surface area contributed by atoms with Gasteiger partial charge >= 0.3 is 5.97 Å². The number of nitrogens with one attached hydrogen (secondary N) is 1. The van der Waals surface area contributed by atoms with Crippen LogP contribution in [0.5, 0.6) is 0 Å². The van der Waals surface area contributed by atoms with Gasteiger partial charge in [0.2, 0.25) is 0 Å². The largest absolute Gasteiger partial charge is 0.452 e. The van der Waals surface area contributed by atoms with E-state index in [2.05, 4.69) is 21.2 Å². The molecule has 0 fully saturated rings. The summed E-state index contributed by atoms with van der Waals surface area (Å²) >= 11 is 3.06. The van der Waals surface area contributed by atoms with Crippen molar-refractivity contribution in [3.05, 3.63) is 64.1 Å². The molecule has 22 heavy (non-hydrogen) atoms. The third-order valence-corrected chi connectivity index (χ3v) is 3.13. The van der Waals surface area contributed by atoms with E-state index in [-0.39, 0.29) is 11.3 Å². The van der Waals surface area contributed by atoms with Crippen molar-refractivity contribution in [3.8, 4) is 0 Å². The molecule has 2 rings (SSSR count). The first kappa shape index (κ1) is 16.1. The van der Waals surface area contributed by atoms with Gasteiger partial charge in [0.25, 0.3) is 5.91 Å². The predicted molar refractivity (Wildman–Crippen MR) is 79.4 cm³/mol. The van der Waals surface area contributed by atoms with Crippen LogP contribution in [0.25, 0.3) is 0 Å². The second kappa shape index (κ2) is 7.13. The van der Waals surface area contributed by atoms with Gasteiger partial charge in [-0.2, -0.15) is 0 Å². The minimum Gasteiger partial charge on any atom is -0.452 e. The standard InChI is InChI=1S/C15H10BrF2NO3/c16-9-5-6-10(12(18)7-9)15(21)22-8-14(20)19-13-4-2-1-3-11(13)17/h1-7H,8H2,(H,19,20). The van der Waals surface area contributed by atoms with Gasteiger partial charge in [-0.1, -0.05) is 28.1 Å². The number of anilines is 1. The molecular formula is C15H10BrF2NO3. The third kappa shape index (κ3) is 4.11. The lowest BCUT2D eigenvalue weighted by molar-refractivity contribution is -0.119. The van der Waals surface area contributed by atoms with Gasteiger partial charge in [0.1, 0.15) is 11.6 Å². The van der Waals surface area contributed by atoms with Gasteiger partial charge in [-0.25, -0.2) is 13.6 Å². The van der Waals surface area contributed by atoms with Crippen LogP contribution < -0.4 is 5.32 Å². The van der Waals surface area contributed by atoms with Gasteiger partial charge < -0.3 is 10.1 Å². The lowest BCUT2D eigenvalue weighted by Gasteiger charge is -2.08. The normalized spacial score (nSPS) is 10.1. The van der Waals surface area contributed by atoms with E-state index in [0.29, 0.717) is 4.47 Å².